The molecule has 2 aliphatic rings. The molecule has 0 fully saturated rings. The van der Waals surface area contributed by atoms with Crippen molar-refractivity contribution in [2.24, 2.45) is 0 Å². The largest absolute Gasteiger partial charge is 0.312 e. The number of rotatable bonds is 5. The van der Waals surface area contributed by atoms with Gasteiger partial charge in [0.05, 0.1) is 10.6 Å². The van der Waals surface area contributed by atoms with Crippen LogP contribution in [-0.4, -0.2) is 16.8 Å². The molecule has 6 nitrogen and oxygen atoms in total. The minimum Gasteiger partial charge on any atom is -0.270 e. The number of anilines is 1. The van der Waals surface area contributed by atoms with Gasteiger partial charge in [0.25, 0.3) is 10.0 Å². The van der Waals surface area contributed by atoms with E-state index in [1.165, 1.54) is 23.3 Å². The Hall–Kier alpha value is -1.90. The maximum absolute atomic E-state index is 12.7. The highest BCUT2D eigenvalue weighted by Gasteiger charge is 2.29. The Labute approximate surface area is 160 Å². The van der Waals surface area contributed by atoms with Crippen LogP contribution in [0.2, 0.25) is 0 Å². The summed E-state index contributed by atoms with van der Waals surface area (Å²) in [5, 5.41) is 0. The fourth-order valence-corrected chi connectivity index (χ4v) is 6.72. The van der Waals surface area contributed by atoms with Crippen molar-refractivity contribution in [2.45, 2.75) is 50.3 Å². The number of benzene rings is 2. The highest BCUT2D eigenvalue weighted by molar-refractivity contribution is 8.05. The number of sulfonamides is 1. The van der Waals surface area contributed by atoms with Crippen LogP contribution < -0.4 is 8.85 Å². The second-order valence-electron chi connectivity index (χ2n) is 7.24. The molecule has 0 saturated heterocycles. The average molecular weight is 407 g/mol. The zero-order chi connectivity index (χ0) is 19.2. The van der Waals surface area contributed by atoms with Crippen LogP contribution in [0.3, 0.4) is 0 Å². The summed E-state index contributed by atoms with van der Waals surface area (Å²) < 4.78 is 54.7. The molecule has 0 unspecified atom stereocenters. The molecule has 144 valence electrons. The summed E-state index contributed by atoms with van der Waals surface area (Å²) in [5.41, 5.74) is 5.85. The van der Waals surface area contributed by atoms with E-state index in [0.717, 1.165) is 55.2 Å². The Kier molecular flexibility index (Phi) is 4.52. The standard InChI is InChI=1S/C19H22N2O4S2/c1-13-8-10-16(11-9-13)26(22,23)21-27(24,25)20-19-17-6-2-4-14(17)12-15-5-3-7-18(15)19/h8-12,20-21H,2-7H2,1H3. The van der Waals surface area contributed by atoms with Crippen molar-refractivity contribution in [1.29, 1.82) is 0 Å². The van der Waals surface area contributed by atoms with E-state index in [-0.39, 0.29) is 4.90 Å². The quantitative estimate of drug-likeness (QED) is 0.798. The van der Waals surface area contributed by atoms with Gasteiger partial charge in [-0.1, -0.05) is 27.9 Å². The van der Waals surface area contributed by atoms with Crippen LogP contribution in [0.1, 0.15) is 40.7 Å². The van der Waals surface area contributed by atoms with E-state index >= 15 is 0 Å². The van der Waals surface area contributed by atoms with Gasteiger partial charge in [-0.25, -0.2) is 8.42 Å². The lowest BCUT2D eigenvalue weighted by Gasteiger charge is -2.17. The number of hydrogen-bond donors (Lipinski definition) is 2. The Bertz CT molecular complexity index is 1070. The fourth-order valence-electron chi connectivity index (χ4n) is 4.00. The third-order valence-electron chi connectivity index (χ3n) is 5.26. The predicted octanol–water partition coefficient (Wildman–Crippen LogP) is 2.61. The van der Waals surface area contributed by atoms with Crippen molar-refractivity contribution in [3.63, 3.8) is 0 Å². The number of fused-ring (bicyclic) bond motifs is 2. The molecule has 0 atom stereocenters. The maximum atomic E-state index is 12.7. The molecule has 0 bridgehead atoms. The number of hydrogen-bond acceptors (Lipinski definition) is 4. The van der Waals surface area contributed by atoms with E-state index in [1.807, 2.05) is 11.1 Å². The van der Waals surface area contributed by atoms with E-state index in [4.69, 9.17) is 0 Å². The Morgan fingerprint density at radius 3 is 1.93 bits per heavy atom. The lowest BCUT2D eigenvalue weighted by molar-refractivity contribution is 0.579. The lowest BCUT2D eigenvalue weighted by Crippen LogP contribution is -2.35. The SMILES string of the molecule is Cc1ccc(S(=O)(=O)NS(=O)(=O)Nc2c3c(cc4c2CCC4)CCC3)cc1. The van der Waals surface area contributed by atoms with Crippen molar-refractivity contribution >= 4 is 25.9 Å². The van der Waals surface area contributed by atoms with Crippen molar-refractivity contribution in [2.75, 3.05) is 4.72 Å². The lowest BCUT2D eigenvalue weighted by atomic mass is 9.99. The Balaban J connectivity index is 1.66. The molecule has 4 rings (SSSR count). The molecule has 0 saturated carbocycles. The zero-order valence-corrected chi connectivity index (χ0v) is 16.7. The summed E-state index contributed by atoms with van der Waals surface area (Å²) in [6, 6.07) is 8.24. The first-order valence-electron chi connectivity index (χ1n) is 9.05. The highest BCUT2D eigenvalue weighted by atomic mass is 32.3. The van der Waals surface area contributed by atoms with Crippen molar-refractivity contribution in [1.82, 2.24) is 4.13 Å². The molecular weight excluding hydrogens is 384 g/mol. The van der Waals surface area contributed by atoms with E-state index in [2.05, 4.69) is 10.8 Å². The van der Waals surface area contributed by atoms with Gasteiger partial charge in [0.1, 0.15) is 0 Å². The van der Waals surface area contributed by atoms with Crippen LogP contribution in [0.15, 0.2) is 35.2 Å². The maximum Gasteiger partial charge on any atom is 0.312 e. The molecule has 2 aromatic carbocycles. The highest BCUT2D eigenvalue weighted by Crippen LogP contribution is 2.39. The van der Waals surface area contributed by atoms with E-state index in [9.17, 15) is 16.8 Å². The summed E-state index contributed by atoms with van der Waals surface area (Å²) in [6.45, 7) is 1.83. The molecule has 2 aliphatic carbocycles. The third kappa shape index (κ3) is 3.61. The predicted molar refractivity (Wildman–Crippen MR) is 105 cm³/mol. The van der Waals surface area contributed by atoms with Gasteiger partial charge in [-0.05, 0) is 79.8 Å². The van der Waals surface area contributed by atoms with Gasteiger partial charge in [-0.2, -0.15) is 8.42 Å². The molecule has 0 spiro atoms. The third-order valence-corrected chi connectivity index (χ3v) is 8.38. The Morgan fingerprint density at radius 2 is 1.37 bits per heavy atom. The number of aryl methyl sites for hydroxylation is 3. The van der Waals surface area contributed by atoms with Gasteiger partial charge in [-0.15, -0.1) is 0 Å². The molecule has 27 heavy (non-hydrogen) atoms. The summed E-state index contributed by atoms with van der Waals surface area (Å²) in [5.74, 6) is 0. The van der Waals surface area contributed by atoms with Gasteiger partial charge in [0.2, 0.25) is 0 Å². The first-order chi connectivity index (χ1) is 12.8. The van der Waals surface area contributed by atoms with E-state index < -0.39 is 20.2 Å². The van der Waals surface area contributed by atoms with Crippen LogP contribution in [0.25, 0.3) is 0 Å². The van der Waals surface area contributed by atoms with Gasteiger partial charge in [-0.3, -0.25) is 4.72 Å². The molecule has 0 aromatic heterocycles. The second kappa shape index (κ2) is 6.61. The summed E-state index contributed by atoms with van der Waals surface area (Å²) >= 11 is 0. The molecule has 0 amide bonds. The fraction of sp³-hybridized carbons (Fsp3) is 0.368. The topological polar surface area (TPSA) is 92.3 Å². The van der Waals surface area contributed by atoms with Crippen LogP contribution in [0.5, 0.6) is 0 Å². The van der Waals surface area contributed by atoms with Gasteiger partial charge < -0.3 is 0 Å². The average Bonchev–Trinajstić information content (AvgIpc) is 3.22. The van der Waals surface area contributed by atoms with E-state index in [1.54, 1.807) is 12.1 Å². The van der Waals surface area contributed by atoms with E-state index in [0.29, 0.717) is 5.69 Å². The van der Waals surface area contributed by atoms with Crippen molar-refractivity contribution < 1.29 is 16.8 Å². The molecule has 2 aromatic rings. The van der Waals surface area contributed by atoms with Gasteiger partial charge in [0.15, 0.2) is 0 Å². The monoisotopic (exact) mass is 406 g/mol. The first-order valence-corrected chi connectivity index (χ1v) is 12.0. The Morgan fingerprint density at radius 1 is 0.815 bits per heavy atom. The molecule has 0 heterocycles. The van der Waals surface area contributed by atoms with Crippen LogP contribution in [-0.2, 0) is 45.9 Å². The van der Waals surface area contributed by atoms with Crippen molar-refractivity contribution in [3.05, 3.63) is 58.1 Å². The molecule has 2 N–H and O–H groups in total. The first kappa shape index (κ1) is 18.5. The zero-order valence-electron chi connectivity index (χ0n) is 15.1. The van der Waals surface area contributed by atoms with Crippen LogP contribution in [0, 0.1) is 6.92 Å². The minimum absolute atomic E-state index is 0.0815. The summed E-state index contributed by atoms with van der Waals surface area (Å²) in [6.07, 6.45) is 5.47. The number of nitrogens with one attached hydrogen (secondary N) is 2. The van der Waals surface area contributed by atoms with Gasteiger partial charge in [0, 0.05) is 0 Å². The van der Waals surface area contributed by atoms with Crippen molar-refractivity contribution in [3.8, 4) is 0 Å². The molecule has 0 aliphatic heterocycles. The van der Waals surface area contributed by atoms with Crippen LogP contribution >= 0.6 is 0 Å². The van der Waals surface area contributed by atoms with Gasteiger partial charge >= 0.3 is 10.2 Å². The summed E-state index contributed by atoms with van der Waals surface area (Å²) in [7, 11) is -8.47. The minimum atomic E-state index is -4.28. The second-order valence-corrected chi connectivity index (χ2v) is 10.6. The smallest absolute Gasteiger partial charge is 0.270 e. The molecular formula is C19H22N2O4S2. The summed E-state index contributed by atoms with van der Waals surface area (Å²) in [4.78, 5) is -0.0815. The normalized spacial score (nSPS) is 16.2. The molecule has 8 heteroatoms. The van der Waals surface area contributed by atoms with Crippen LogP contribution in [0.4, 0.5) is 5.69 Å². The molecule has 0 radical (unpaired) electrons.